The normalized spacial score (nSPS) is 20.3. The molecular weight excluding hydrogens is 340 g/mol. The van der Waals surface area contributed by atoms with Gasteiger partial charge < -0.3 is 20.5 Å². The zero-order valence-corrected chi connectivity index (χ0v) is 16.7. The molecule has 0 bridgehead atoms. The summed E-state index contributed by atoms with van der Waals surface area (Å²) < 4.78 is 5.63. The Labute approximate surface area is 163 Å². The van der Waals surface area contributed by atoms with Crippen LogP contribution >= 0.6 is 0 Å². The number of likely N-dealkylation sites (tertiary alicyclic amines) is 1. The van der Waals surface area contributed by atoms with E-state index >= 15 is 0 Å². The van der Waals surface area contributed by atoms with Gasteiger partial charge in [0.2, 0.25) is 0 Å². The predicted octanol–water partition coefficient (Wildman–Crippen LogP) is 2.16. The SMILES string of the molecule is CCNC(=NCC1(CO)CC1)NCC(c1ccccc1OC)N1CCCC1. The van der Waals surface area contributed by atoms with Crippen molar-refractivity contribution in [3.63, 3.8) is 0 Å². The Bertz CT molecular complexity index is 624. The maximum atomic E-state index is 9.54. The van der Waals surface area contributed by atoms with Crippen molar-refractivity contribution in [2.45, 2.75) is 38.6 Å². The molecule has 0 spiro atoms. The third-order valence-corrected chi connectivity index (χ3v) is 5.75. The number of aliphatic hydroxyl groups is 1. The van der Waals surface area contributed by atoms with Gasteiger partial charge in [-0.05, 0) is 51.8 Å². The van der Waals surface area contributed by atoms with E-state index in [4.69, 9.17) is 9.73 Å². The highest BCUT2D eigenvalue weighted by Gasteiger charge is 2.41. The van der Waals surface area contributed by atoms with E-state index in [0.717, 1.165) is 50.7 Å². The van der Waals surface area contributed by atoms with Crippen LogP contribution in [0.5, 0.6) is 5.75 Å². The summed E-state index contributed by atoms with van der Waals surface area (Å²) in [6.07, 6.45) is 4.64. The summed E-state index contributed by atoms with van der Waals surface area (Å²) in [5, 5.41) is 16.4. The summed E-state index contributed by atoms with van der Waals surface area (Å²) in [5.41, 5.74) is 1.25. The largest absolute Gasteiger partial charge is 0.496 e. The van der Waals surface area contributed by atoms with Crippen LogP contribution in [0.4, 0.5) is 0 Å². The number of para-hydroxylation sites is 1. The number of hydrogen-bond donors (Lipinski definition) is 3. The predicted molar refractivity (Wildman–Crippen MR) is 109 cm³/mol. The molecule has 27 heavy (non-hydrogen) atoms. The van der Waals surface area contributed by atoms with Gasteiger partial charge in [0.25, 0.3) is 0 Å². The van der Waals surface area contributed by atoms with E-state index in [-0.39, 0.29) is 18.1 Å². The molecule has 1 saturated carbocycles. The van der Waals surface area contributed by atoms with E-state index in [2.05, 4.69) is 34.6 Å². The number of methoxy groups -OCH3 is 1. The monoisotopic (exact) mass is 374 g/mol. The Morgan fingerprint density at radius 3 is 2.63 bits per heavy atom. The first-order valence-corrected chi connectivity index (χ1v) is 10.2. The zero-order valence-electron chi connectivity index (χ0n) is 16.7. The Morgan fingerprint density at radius 2 is 2.00 bits per heavy atom. The van der Waals surface area contributed by atoms with Gasteiger partial charge in [-0.25, -0.2) is 0 Å². The van der Waals surface area contributed by atoms with Crippen LogP contribution in [-0.2, 0) is 0 Å². The minimum absolute atomic E-state index is 0.0271. The Hall–Kier alpha value is -1.79. The number of aliphatic imine (C=N–C) groups is 1. The van der Waals surface area contributed by atoms with Crippen LogP contribution in [-0.4, -0.2) is 62.4 Å². The molecule has 2 aliphatic rings. The fourth-order valence-corrected chi connectivity index (χ4v) is 3.76. The van der Waals surface area contributed by atoms with Gasteiger partial charge in [-0.1, -0.05) is 18.2 Å². The highest BCUT2D eigenvalue weighted by Crippen LogP contribution is 2.45. The summed E-state index contributed by atoms with van der Waals surface area (Å²) in [6, 6.07) is 8.55. The van der Waals surface area contributed by atoms with Gasteiger partial charge in [0.05, 0.1) is 26.3 Å². The molecule has 1 saturated heterocycles. The van der Waals surface area contributed by atoms with Crippen molar-refractivity contribution < 1.29 is 9.84 Å². The van der Waals surface area contributed by atoms with E-state index in [1.54, 1.807) is 7.11 Å². The van der Waals surface area contributed by atoms with E-state index in [1.807, 2.05) is 12.1 Å². The van der Waals surface area contributed by atoms with E-state index in [1.165, 1.54) is 18.4 Å². The van der Waals surface area contributed by atoms with Gasteiger partial charge in [-0.3, -0.25) is 9.89 Å². The lowest BCUT2D eigenvalue weighted by atomic mass is 10.0. The van der Waals surface area contributed by atoms with Crippen molar-refractivity contribution in [3.05, 3.63) is 29.8 Å². The number of ether oxygens (including phenoxy) is 1. The number of nitrogens with zero attached hydrogens (tertiary/aromatic N) is 2. The van der Waals surface area contributed by atoms with Gasteiger partial charge in [0.1, 0.15) is 5.75 Å². The fraction of sp³-hybridized carbons (Fsp3) is 0.667. The van der Waals surface area contributed by atoms with E-state index in [9.17, 15) is 5.11 Å². The number of rotatable bonds is 9. The van der Waals surface area contributed by atoms with E-state index in [0.29, 0.717) is 6.54 Å². The lowest BCUT2D eigenvalue weighted by Crippen LogP contribution is -2.43. The van der Waals surface area contributed by atoms with Crippen LogP contribution in [0.3, 0.4) is 0 Å². The molecule has 6 heteroatoms. The molecule has 3 N–H and O–H groups in total. The second-order valence-electron chi connectivity index (χ2n) is 7.74. The molecule has 1 aromatic rings. The summed E-state index contributed by atoms with van der Waals surface area (Å²) in [6.45, 7) is 6.82. The second-order valence-corrected chi connectivity index (χ2v) is 7.74. The van der Waals surface area contributed by atoms with E-state index < -0.39 is 0 Å². The van der Waals surface area contributed by atoms with Gasteiger partial charge in [0, 0.05) is 24.1 Å². The first-order chi connectivity index (χ1) is 13.2. The Morgan fingerprint density at radius 1 is 1.26 bits per heavy atom. The molecule has 6 nitrogen and oxygen atoms in total. The molecule has 1 aromatic carbocycles. The topological polar surface area (TPSA) is 69.1 Å². The van der Waals surface area contributed by atoms with Crippen molar-refractivity contribution in [3.8, 4) is 5.75 Å². The molecule has 1 aliphatic heterocycles. The number of aliphatic hydroxyl groups excluding tert-OH is 1. The highest BCUT2D eigenvalue weighted by atomic mass is 16.5. The molecule has 0 aromatic heterocycles. The number of benzene rings is 1. The van der Waals surface area contributed by atoms with Crippen LogP contribution in [0.1, 0.15) is 44.2 Å². The van der Waals surface area contributed by atoms with Gasteiger partial charge in [-0.15, -0.1) is 0 Å². The quantitative estimate of drug-likeness (QED) is 0.456. The first kappa shape index (κ1) is 20.0. The molecular formula is C21H34N4O2. The molecule has 0 amide bonds. The van der Waals surface area contributed by atoms with Gasteiger partial charge >= 0.3 is 0 Å². The standard InChI is InChI=1S/C21H34N4O2/c1-3-22-20(24-15-21(16-26)10-11-21)23-14-18(25-12-6-7-13-25)17-8-4-5-9-19(17)27-2/h4-5,8-9,18,26H,3,6-7,10-16H2,1-2H3,(H2,22,23,24). The summed E-state index contributed by atoms with van der Waals surface area (Å²) >= 11 is 0. The molecule has 1 aliphatic carbocycles. The van der Waals surface area contributed by atoms with Gasteiger partial charge in [0.15, 0.2) is 5.96 Å². The Kier molecular flexibility index (Phi) is 6.96. The molecule has 3 rings (SSSR count). The first-order valence-electron chi connectivity index (χ1n) is 10.2. The zero-order chi connectivity index (χ0) is 19.1. The van der Waals surface area contributed by atoms with Crippen molar-refractivity contribution in [1.29, 1.82) is 0 Å². The minimum atomic E-state index is 0.0271. The summed E-state index contributed by atoms with van der Waals surface area (Å²) in [5.74, 6) is 1.77. The minimum Gasteiger partial charge on any atom is -0.496 e. The lowest BCUT2D eigenvalue weighted by molar-refractivity contribution is 0.216. The van der Waals surface area contributed by atoms with Gasteiger partial charge in [-0.2, -0.15) is 0 Å². The van der Waals surface area contributed by atoms with Crippen molar-refractivity contribution in [2.75, 3.05) is 46.4 Å². The third-order valence-electron chi connectivity index (χ3n) is 5.75. The Balaban J connectivity index is 1.71. The highest BCUT2D eigenvalue weighted by molar-refractivity contribution is 5.79. The average Bonchev–Trinajstić information content (AvgIpc) is 3.29. The van der Waals surface area contributed by atoms with Crippen molar-refractivity contribution in [2.24, 2.45) is 10.4 Å². The van der Waals surface area contributed by atoms with Crippen LogP contribution in [0, 0.1) is 5.41 Å². The van der Waals surface area contributed by atoms with Crippen molar-refractivity contribution in [1.82, 2.24) is 15.5 Å². The smallest absolute Gasteiger partial charge is 0.191 e. The number of guanidine groups is 1. The van der Waals surface area contributed by atoms with Crippen LogP contribution < -0.4 is 15.4 Å². The van der Waals surface area contributed by atoms with Crippen LogP contribution in [0.15, 0.2) is 29.3 Å². The summed E-state index contributed by atoms with van der Waals surface area (Å²) in [7, 11) is 1.74. The van der Waals surface area contributed by atoms with Crippen LogP contribution in [0.2, 0.25) is 0 Å². The molecule has 150 valence electrons. The maximum absolute atomic E-state index is 9.54. The third kappa shape index (κ3) is 5.14. The second kappa shape index (κ2) is 9.42. The average molecular weight is 375 g/mol. The molecule has 1 atom stereocenters. The fourth-order valence-electron chi connectivity index (χ4n) is 3.76. The number of hydrogen-bond acceptors (Lipinski definition) is 4. The molecule has 2 fully saturated rings. The molecule has 1 heterocycles. The molecule has 0 radical (unpaired) electrons. The molecule has 1 unspecified atom stereocenters. The number of nitrogens with one attached hydrogen (secondary N) is 2. The van der Waals surface area contributed by atoms with Crippen molar-refractivity contribution >= 4 is 5.96 Å². The van der Waals surface area contributed by atoms with Crippen LogP contribution in [0.25, 0.3) is 0 Å². The summed E-state index contributed by atoms with van der Waals surface area (Å²) in [4.78, 5) is 7.27. The maximum Gasteiger partial charge on any atom is 0.191 e. The lowest BCUT2D eigenvalue weighted by Gasteiger charge is -2.30.